The molecule has 3 rings (SSSR count). The summed E-state index contributed by atoms with van der Waals surface area (Å²) in [5, 5.41) is 10.9. The van der Waals surface area contributed by atoms with E-state index >= 15 is 0 Å². The number of hydrogen-bond donors (Lipinski definition) is 2. The Kier molecular flexibility index (Phi) is 4.69. The first-order chi connectivity index (χ1) is 12.0. The van der Waals surface area contributed by atoms with Gasteiger partial charge >= 0.3 is 6.03 Å². The first-order valence-corrected chi connectivity index (χ1v) is 8.25. The average Bonchev–Trinajstić information content (AvgIpc) is 3.33. The molecule has 0 spiro atoms. The van der Waals surface area contributed by atoms with Gasteiger partial charge in [-0.2, -0.15) is 0 Å². The number of aromatic nitrogens is 3. The van der Waals surface area contributed by atoms with Gasteiger partial charge in [0.1, 0.15) is 6.33 Å². The standard InChI is InChI=1S/C17H22N6O2/c1-11(16-21-19-10-22(16)2)20-17(25)23(14-7-8-14)9-12-3-5-13(6-4-12)15(18)24/h3-6,10-11,14H,7-9H2,1-2H3,(H2,18,24)(H,20,25)/t11-/m1/s1. The van der Waals surface area contributed by atoms with Gasteiger partial charge in [-0.25, -0.2) is 4.79 Å². The van der Waals surface area contributed by atoms with Crippen LogP contribution in [0.15, 0.2) is 30.6 Å². The Hall–Kier alpha value is -2.90. The van der Waals surface area contributed by atoms with E-state index in [1.807, 2.05) is 31.0 Å². The van der Waals surface area contributed by atoms with E-state index in [-0.39, 0.29) is 18.1 Å². The molecule has 25 heavy (non-hydrogen) atoms. The summed E-state index contributed by atoms with van der Waals surface area (Å²) in [5.41, 5.74) is 6.68. The van der Waals surface area contributed by atoms with Gasteiger partial charge in [-0.15, -0.1) is 10.2 Å². The molecule has 1 heterocycles. The predicted octanol–water partition coefficient (Wildman–Crippen LogP) is 1.35. The van der Waals surface area contributed by atoms with Crippen LogP contribution in [0.3, 0.4) is 0 Å². The molecule has 8 heteroatoms. The Balaban J connectivity index is 1.67. The third-order valence-electron chi connectivity index (χ3n) is 4.31. The molecule has 1 aliphatic carbocycles. The lowest BCUT2D eigenvalue weighted by atomic mass is 10.1. The van der Waals surface area contributed by atoms with Crippen molar-refractivity contribution in [1.82, 2.24) is 25.0 Å². The van der Waals surface area contributed by atoms with Gasteiger partial charge in [-0.3, -0.25) is 4.79 Å². The molecule has 1 fully saturated rings. The zero-order chi connectivity index (χ0) is 18.0. The second kappa shape index (κ2) is 6.92. The molecule has 132 valence electrons. The van der Waals surface area contributed by atoms with Crippen LogP contribution in [0.2, 0.25) is 0 Å². The van der Waals surface area contributed by atoms with Gasteiger partial charge in [0, 0.05) is 25.2 Å². The summed E-state index contributed by atoms with van der Waals surface area (Å²) < 4.78 is 1.79. The third kappa shape index (κ3) is 3.96. The highest BCUT2D eigenvalue weighted by Crippen LogP contribution is 2.29. The van der Waals surface area contributed by atoms with Crippen molar-refractivity contribution in [1.29, 1.82) is 0 Å². The van der Waals surface area contributed by atoms with Gasteiger partial charge in [-0.1, -0.05) is 12.1 Å². The highest BCUT2D eigenvalue weighted by atomic mass is 16.2. The van der Waals surface area contributed by atoms with Gasteiger partial charge in [0.25, 0.3) is 0 Å². The number of nitrogens with zero attached hydrogens (tertiary/aromatic N) is 4. The second-order valence-corrected chi connectivity index (χ2v) is 6.39. The molecule has 1 aromatic heterocycles. The summed E-state index contributed by atoms with van der Waals surface area (Å²) in [7, 11) is 1.84. The van der Waals surface area contributed by atoms with Crippen LogP contribution < -0.4 is 11.1 Å². The Bertz CT molecular complexity index is 766. The number of nitrogens with two attached hydrogens (primary N) is 1. The number of carbonyl (C=O) groups is 2. The Morgan fingerprint density at radius 2 is 2.04 bits per heavy atom. The van der Waals surface area contributed by atoms with E-state index in [0.717, 1.165) is 18.4 Å². The predicted molar refractivity (Wildman–Crippen MR) is 91.5 cm³/mol. The molecule has 3 N–H and O–H groups in total. The van der Waals surface area contributed by atoms with E-state index in [9.17, 15) is 9.59 Å². The van der Waals surface area contributed by atoms with Crippen LogP contribution in [0.5, 0.6) is 0 Å². The maximum Gasteiger partial charge on any atom is 0.318 e. The van der Waals surface area contributed by atoms with Crippen LogP contribution >= 0.6 is 0 Å². The van der Waals surface area contributed by atoms with Gasteiger partial charge in [0.15, 0.2) is 5.82 Å². The lowest BCUT2D eigenvalue weighted by Gasteiger charge is -2.25. The molecular weight excluding hydrogens is 320 g/mol. The SMILES string of the molecule is C[C@@H](NC(=O)N(Cc1ccc(C(N)=O)cc1)C1CC1)c1nncn1C. The first-order valence-electron chi connectivity index (χ1n) is 8.25. The molecule has 1 atom stereocenters. The van der Waals surface area contributed by atoms with Crippen LogP contribution in [-0.4, -0.2) is 37.6 Å². The van der Waals surface area contributed by atoms with Crippen molar-refractivity contribution in [2.45, 2.75) is 38.4 Å². The first kappa shape index (κ1) is 16.9. The van der Waals surface area contributed by atoms with Gasteiger partial charge in [-0.05, 0) is 37.5 Å². The van der Waals surface area contributed by atoms with Crippen LogP contribution in [0, 0.1) is 0 Å². The van der Waals surface area contributed by atoms with E-state index in [0.29, 0.717) is 17.9 Å². The number of nitrogens with one attached hydrogen (secondary N) is 1. The van der Waals surface area contributed by atoms with Gasteiger partial charge in [0.05, 0.1) is 6.04 Å². The number of hydrogen-bond acceptors (Lipinski definition) is 4. The molecule has 3 amide bonds. The van der Waals surface area contributed by atoms with E-state index in [4.69, 9.17) is 5.73 Å². The van der Waals surface area contributed by atoms with Crippen LogP contribution in [0.4, 0.5) is 4.79 Å². The topological polar surface area (TPSA) is 106 Å². The fourth-order valence-corrected chi connectivity index (χ4v) is 2.74. The van der Waals surface area contributed by atoms with Gasteiger partial charge in [0.2, 0.25) is 5.91 Å². The highest BCUT2D eigenvalue weighted by Gasteiger charge is 2.33. The average molecular weight is 342 g/mol. The van der Waals surface area contributed by atoms with Crippen molar-refractivity contribution >= 4 is 11.9 Å². The summed E-state index contributed by atoms with van der Waals surface area (Å²) in [6.45, 7) is 2.37. The van der Waals surface area contributed by atoms with E-state index in [1.54, 1.807) is 23.0 Å². The lowest BCUT2D eigenvalue weighted by molar-refractivity contribution is 0.1000. The molecule has 0 aliphatic heterocycles. The largest absolute Gasteiger partial charge is 0.366 e. The van der Waals surface area contributed by atoms with Crippen LogP contribution in [0.25, 0.3) is 0 Å². The molecule has 1 aromatic carbocycles. The summed E-state index contributed by atoms with van der Waals surface area (Å²) in [6, 6.07) is 6.91. The second-order valence-electron chi connectivity index (χ2n) is 6.39. The maximum atomic E-state index is 12.7. The van der Waals surface area contributed by atoms with E-state index in [2.05, 4.69) is 15.5 Å². The van der Waals surface area contributed by atoms with Crippen LogP contribution in [-0.2, 0) is 13.6 Å². The highest BCUT2D eigenvalue weighted by molar-refractivity contribution is 5.92. The van der Waals surface area contributed by atoms with Crippen molar-refractivity contribution in [3.05, 3.63) is 47.5 Å². The maximum absolute atomic E-state index is 12.7. The molecule has 2 aromatic rings. The van der Waals surface area contributed by atoms with Crippen molar-refractivity contribution in [2.24, 2.45) is 12.8 Å². The number of aryl methyl sites for hydroxylation is 1. The minimum absolute atomic E-state index is 0.128. The van der Waals surface area contributed by atoms with Crippen molar-refractivity contribution in [3.63, 3.8) is 0 Å². The minimum atomic E-state index is -0.458. The third-order valence-corrected chi connectivity index (χ3v) is 4.31. The molecule has 1 saturated carbocycles. The van der Waals surface area contributed by atoms with E-state index < -0.39 is 5.91 Å². The lowest BCUT2D eigenvalue weighted by Crippen LogP contribution is -2.42. The Labute approximate surface area is 146 Å². The quantitative estimate of drug-likeness (QED) is 0.826. The monoisotopic (exact) mass is 342 g/mol. The number of rotatable bonds is 6. The minimum Gasteiger partial charge on any atom is -0.366 e. The fraction of sp³-hybridized carbons (Fsp3) is 0.412. The normalized spacial score (nSPS) is 14.8. The Morgan fingerprint density at radius 1 is 1.36 bits per heavy atom. The Morgan fingerprint density at radius 3 is 2.56 bits per heavy atom. The molecule has 0 unspecified atom stereocenters. The molecule has 1 aliphatic rings. The van der Waals surface area contributed by atoms with Gasteiger partial charge < -0.3 is 20.5 Å². The molecule has 0 saturated heterocycles. The zero-order valence-electron chi connectivity index (χ0n) is 14.3. The van der Waals surface area contributed by atoms with Crippen molar-refractivity contribution in [3.8, 4) is 0 Å². The van der Waals surface area contributed by atoms with Crippen molar-refractivity contribution < 1.29 is 9.59 Å². The fourth-order valence-electron chi connectivity index (χ4n) is 2.74. The number of benzene rings is 1. The summed E-state index contributed by atoms with van der Waals surface area (Å²) in [5.74, 6) is 0.246. The summed E-state index contributed by atoms with van der Waals surface area (Å²) >= 11 is 0. The number of urea groups is 1. The smallest absolute Gasteiger partial charge is 0.318 e. The number of carbonyl (C=O) groups excluding carboxylic acids is 2. The number of amides is 3. The van der Waals surface area contributed by atoms with Crippen molar-refractivity contribution in [2.75, 3.05) is 0 Å². The molecule has 0 bridgehead atoms. The summed E-state index contributed by atoms with van der Waals surface area (Å²) in [4.78, 5) is 25.7. The van der Waals surface area contributed by atoms with E-state index in [1.165, 1.54) is 0 Å². The molecular formula is C17H22N6O2. The van der Waals surface area contributed by atoms with Crippen LogP contribution in [0.1, 0.15) is 47.6 Å². The number of primary amides is 1. The summed E-state index contributed by atoms with van der Waals surface area (Å²) in [6.07, 6.45) is 3.62. The molecule has 0 radical (unpaired) electrons. The zero-order valence-corrected chi connectivity index (χ0v) is 14.3. The molecule has 8 nitrogen and oxygen atoms in total.